The van der Waals surface area contributed by atoms with E-state index in [2.05, 4.69) is 37.4 Å². The maximum Gasteiger partial charge on any atom is 0.243 e. The van der Waals surface area contributed by atoms with E-state index >= 15 is 0 Å². The van der Waals surface area contributed by atoms with Crippen LogP contribution in [0.3, 0.4) is 0 Å². The quantitative estimate of drug-likeness (QED) is 0.698. The van der Waals surface area contributed by atoms with Crippen molar-refractivity contribution in [2.45, 2.75) is 25.7 Å². The number of thioether (sulfide) groups is 1. The molecule has 0 aromatic heterocycles. The van der Waals surface area contributed by atoms with Gasteiger partial charge in [-0.15, -0.1) is 11.8 Å². The second-order valence-electron chi connectivity index (χ2n) is 6.16. The van der Waals surface area contributed by atoms with Crippen LogP contribution in [0.1, 0.15) is 18.1 Å². The number of hydrogen-bond acceptors (Lipinski definition) is 4. The van der Waals surface area contributed by atoms with Crippen molar-refractivity contribution < 1.29 is 9.59 Å². The van der Waals surface area contributed by atoms with Crippen molar-refractivity contribution >= 4 is 35.0 Å². The van der Waals surface area contributed by atoms with Gasteiger partial charge in [-0.2, -0.15) is 0 Å². The van der Waals surface area contributed by atoms with Crippen molar-refractivity contribution in [3.05, 3.63) is 53.6 Å². The smallest absolute Gasteiger partial charge is 0.243 e. The van der Waals surface area contributed by atoms with Gasteiger partial charge >= 0.3 is 0 Å². The topological polar surface area (TPSA) is 75.4 Å². The summed E-state index contributed by atoms with van der Waals surface area (Å²) in [6.45, 7) is 7.12. The van der Waals surface area contributed by atoms with Crippen molar-refractivity contribution in [2.75, 3.05) is 29.1 Å². The van der Waals surface area contributed by atoms with E-state index in [-0.39, 0.29) is 24.1 Å². The standard InChI is InChI=1S/C20H25N3O2S/c1-4-23(16-10-14(2)9-15(3)11-16)12-20(25)22-17-7-5-6-8-18(17)26-13-19(21)24/h5-11H,4,12-13H2,1-3H3,(H2,21,24)(H,22,25). The number of rotatable bonds is 8. The van der Waals surface area contributed by atoms with Crippen molar-refractivity contribution in [1.82, 2.24) is 0 Å². The van der Waals surface area contributed by atoms with E-state index < -0.39 is 0 Å². The number of anilines is 2. The number of likely N-dealkylation sites (N-methyl/N-ethyl adjacent to an activating group) is 1. The second-order valence-corrected chi connectivity index (χ2v) is 7.18. The molecule has 2 aromatic rings. The van der Waals surface area contributed by atoms with Crippen LogP contribution in [0, 0.1) is 13.8 Å². The van der Waals surface area contributed by atoms with Gasteiger partial charge in [0.15, 0.2) is 0 Å². The third-order valence-electron chi connectivity index (χ3n) is 3.82. The molecule has 5 nitrogen and oxygen atoms in total. The number of carbonyl (C=O) groups excluding carboxylic acids is 2. The van der Waals surface area contributed by atoms with Crippen molar-refractivity contribution in [2.24, 2.45) is 5.73 Å². The molecule has 0 aliphatic heterocycles. The summed E-state index contributed by atoms with van der Waals surface area (Å²) >= 11 is 1.32. The van der Waals surface area contributed by atoms with Gasteiger partial charge in [-0.05, 0) is 56.2 Å². The number of nitrogens with zero attached hydrogens (tertiary/aromatic N) is 1. The first-order chi connectivity index (χ1) is 12.4. The van der Waals surface area contributed by atoms with Crippen LogP contribution in [-0.4, -0.2) is 30.7 Å². The normalized spacial score (nSPS) is 10.4. The minimum absolute atomic E-state index is 0.0989. The summed E-state index contributed by atoms with van der Waals surface area (Å²) in [5.74, 6) is -0.308. The van der Waals surface area contributed by atoms with Gasteiger partial charge in [-0.25, -0.2) is 0 Å². The fourth-order valence-corrected chi connectivity index (χ4v) is 3.47. The van der Waals surface area contributed by atoms with Gasteiger partial charge in [0.25, 0.3) is 0 Å². The van der Waals surface area contributed by atoms with Crippen LogP contribution in [0.15, 0.2) is 47.4 Å². The molecule has 0 spiro atoms. The third-order valence-corrected chi connectivity index (χ3v) is 4.91. The molecule has 2 aromatic carbocycles. The van der Waals surface area contributed by atoms with Crippen LogP contribution in [0.25, 0.3) is 0 Å². The largest absolute Gasteiger partial charge is 0.369 e. The minimum atomic E-state index is -0.386. The number of carbonyl (C=O) groups is 2. The summed E-state index contributed by atoms with van der Waals surface area (Å²) in [5.41, 5.74) is 9.29. The lowest BCUT2D eigenvalue weighted by molar-refractivity contribution is -0.116. The number of nitrogens with two attached hydrogens (primary N) is 1. The molecular formula is C20H25N3O2S. The number of nitrogens with one attached hydrogen (secondary N) is 1. The lowest BCUT2D eigenvalue weighted by Gasteiger charge is -2.23. The molecule has 0 radical (unpaired) electrons. The fourth-order valence-electron chi connectivity index (χ4n) is 2.73. The Kier molecular flexibility index (Phi) is 7.09. The zero-order chi connectivity index (χ0) is 19.1. The lowest BCUT2D eigenvalue weighted by Crippen LogP contribution is -2.33. The van der Waals surface area contributed by atoms with Crippen LogP contribution in [-0.2, 0) is 9.59 Å². The first kappa shape index (κ1) is 19.8. The highest BCUT2D eigenvalue weighted by Gasteiger charge is 2.13. The first-order valence-electron chi connectivity index (χ1n) is 8.52. The van der Waals surface area contributed by atoms with Crippen LogP contribution >= 0.6 is 11.8 Å². The molecule has 0 fully saturated rings. The van der Waals surface area contributed by atoms with E-state index in [0.717, 1.165) is 17.1 Å². The van der Waals surface area contributed by atoms with Crippen molar-refractivity contribution in [1.29, 1.82) is 0 Å². The number of amides is 2. The second kappa shape index (κ2) is 9.29. The van der Waals surface area contributed by atoms with Gasteiger partial charge in [-0.3, -0.25) is 9.59 Å². The molecule has 2 rings (SSSR count). The highest BCUT2D eigenvalue weighted by atomic mass is 32.2. The summed E-state index contributed by atoms with van der Waals surface area (Å²) < 4.78 is 0. The average Bonchev–Trinajstić information content (AvgIpc) is 2.58. The van der Waals surface area contributed by atoms with Gasteiger partial charge in [0.05, 0.1) is 18.0 Å². The first-order valence-corrected chi connectivity index (χ1v) is 9.50. The Morgan fingerprint density at radius 1 is 1.12 bits per heavy atom. The summed E-state index contributed by atoms with van der Waals surface area (Å²) in [5, 5.41) is 2.94. The number of hydrogen-bond donors (Lipinski definition) is 2. The highest BCUT2D eigenvalue weighted by Crippen LogP contribution is 2.27. The van der Waals surface area contributed by atoms with Gasteiger partial charge in [0.2, 0.25) is 11.8 Å². The van der Waals surface area contributed by atoms with Crippen LogP contribution in [0.2, 0.25) is 0 Å². The molecular weight excluding hydrogens is 346 g/mol. The lowest BCUT2D eigenvalue weighted by atomic mass is 10.1. The molecule has 0 unspecified atom stereocenters. The summed E-state index contributed by atoms with van der Waals surface area (Å²) in [7, 11) is 0. The number of aryl methyl sites for hydroxylation is 2. The Hall–Kier alpha value is -2.47. The van der Waals surface area contributed by atoms with E-state index in [1.165, 1.54) is 22.9 Å². The zero-order valence-corrected chi connectivity index (χ0v) is 16.2. The van der Waals surface area contributed by atoms with Gasteiger partial charge in [0, 0.05) is 17.1 Å². The Labute approximate surface area is 159 Å². The number of primary amides is 1. The number of para-hydroxylation sites is 1. The SMILES string of the molecule is CCN(CC(=O)Nc1ccccc1SCC(N)=O)c1cc(C)cc(C)c1. The zero-order valence-electron chi connectivity index (χ0n) is 15.4. The van der Waals surface area contributed by atoms with E-state index in [1.807, 2.05) is 36.1 Å². The monoisotopic (exact) mass is 371 g/mol. The molecule has 0 heterocycles. The fraction of sp³-hybridized carbons (Fsp3) is 0.300. The van der Waals surface area contributed by atoms with E-state index in [9.17, 15) is 9.59 Å². The molecule has 0 saturated carbocycles. The molecule has 3 N–H and O–H groups in total. The molecule has 2 amide bonds. The predicted molar refractivity (Wildman–Crippen MR) is 109 cm³/mol. The maximum absolute atomic E-state index is 12.6. The molecule has 26 heavy (non-hydrogen) atoms. The molecule has 0 aliphatic rings. The van der Waals surface area contributed by atoms with E-state index in [0.29, 0.717) is 5.69 Å². The van der Waals surface area contributed by atoms with Crippen LogP contribution in [0.4, 0.5) is 11.4 Å². The van der Waals surface area contributed by atoms with Crippen molar-refractivity contribution in [3.8, 4) is 0 Å². The van der Waals surface area contributed by atoms with Gasteiger partial charge in [-0.1, -0.05) is 18.2 Å². The summed E-state index contributed by atoms with van der Waals surface area (Å²) in [4.78, 5) is 26.4. The Morgan fingerprint density at radius 3 is 2.38 bits per heavy atom. The van der Waals surface area contributed by atoms with Crippen LogP contribution in [0.5, 0.6) is 0 Å². The van der Waals surface area contributed by atoms with Gasteiger partial charge in [0.1, 0.15) is 0 Å². The maximum atomic E-state index is 12.6. The summed E-state index contributed by atoms with van der Waals surface area (Å²) in [6, 6.07) is 13.7. The molecule has 0 atom stereocenters. The Bertz CT molecular complexity index is 772. The molecule has 0 aliphatic carbocycles. The van der Waals surface area contributed by atoms with Crippen LogP contribution < -0.4 is 16.0 Å². The predicted octanol–water partition coefficient (Wildman–Crippen LogP) is 3.35. The van der Waals surface area contributed by atoms with Crippen molar-refractivity contribution in [3.63, 3.8) is 0 Å². The molecule has 138 valence electrons. The average molecular weight is 372 g/mol. The van der Waals surface area contributed by atoms with Gasteiger partial charge < -0.3 is 16.0 Å². The molecule has 6 heteroatoms. The molecule has 0 saturated heterocycles. The minimum Gasteiger partial charge on any atom is -0.369 e. The van der Waals surface area contributed by atoms with E-state index in [4.69, 9.17) is 5.73 Å². The highest BCUT2D eigenvalue weighted by molar-refractivity contribution is 8.00. The number of benzene rings is 2. The summed E-state index contributed by atoms with van der Waals surface area (Å²) in [6.07, 6.45) is 0. The Morgan fingerprint density at radius 2 is 1.77 bits per heavy atom. The Balaban J connectivity index is 2.08. The van der Waals surface area contributed by atoms with E-state index in [1.54, 1.807) is 0 Å². The third kappa shape index (κ3) is 5.81. The molecule has 0 bridgehead atoms.